The molecule has 0 atom stereocenters. The maximum Gasteiger partial charge on any atom is 0.126 e. The van der Waals surface area contributed by atoms with E-state index < -0.39 is 11.6 Å². The summed E-state index contributed by atoms with van der Waals surface area (Å²) in [5, 5.41) is 3.15. The minimum atomic E-state index is -0.515. The molecule has 0 unspecified atom stereocenters. The molecule has 0 aliphatic carbocycles. The van der Waals surface area contributed by atoms with Crippen molar-refractivity contribution in [3.63, 3.8) is 0 Å². The Labute approximate surface area is 102 Å². The summed E-state index contributed by atoms with van der Waals surface area (Å²) in [4.78, 5) is 0. The molecule has 84 valence electrons. The molecular formula is C11H14F2IN. The lowest BCUT2D eigenvalue weighted by Crippen LogP contribution is -2.15. The van der Waals surface area contributed by atoms with E-state index in [-0.39, 0.29) is 0 Å². The lowest BCUT2D eigenvalue weighted by atomic mass is 10.2. The summed E-state index contributed by atoms with van der Waals surface area (Å²) in [6, 6.07) is 3.60. The van der Waals surface area contributed by atoms with Crippen LogP contribution in [0.2, 0.25) is 0 Å². The Balaban J connectivity index is 2.31. The van der Waals surface area contributed by atoms with E-state index in [1.165, 1.54) is 18.6 Å². The van der Waals surface area contributed by atoms with Gasteiger partial charge in [0.15, 0.2) is 0 Å². The number of unbranched alkanes of at least 4 members (excludes halogenated alkanes) is 1. The highest BCUT2D eigenvalue weighted by Crippen LogP contribution is 2.07. The predicted octanol–water partition coefficient (Wildman–Crippen LogP) is 3.27. The third-order valence-electron chi connectivity index (χ3n) is 1.99. The monoisotopic (exact) mass is 325 g/mol. The zero-order valence-corrected chi connectivity index (χ0v) is 10.6. The molecule has 0 bridgehead atoms. The van der Waals surface area contributed by atoms with Crippen molar-refractivity contribution >= 4 is 22.6 Å². The van der Waals surface area contributed by atoms with E-state index in [1.807, 2.05) is 0 Å². The lowest BCUT2D eigenvalue weighted by Gasteiger charge is -2.04. The molecular weight excluding hydrogens is 311 g/mol. The average Bonchev–Trinajstić information content (AvgIpc) is 2.16. The number of alkyl halides is 1. The van der Waals surface area contributed by atoms with Gasteiger partial charge in [0, 0.05) is 12.6 Å². The van der Waals surface area contributed by atoms with Gasteiger partial charge in [-0.25, -0.2) is 8.78 Å². The van der Waals surface area contributed by atoms with E-state index in [2.05, 4.69) is 27.9 Å². The van der Waals surface area contributed by atoms with E-state index in [4.69, 9.17) is 0 Å². The third kappa shape index (κ3) is 5.41. The summed E-state index contributed by atoms with van der Waals surface area (Å²) in [7, 11) is 0. The normalized spacial score (nSPS) is 10.6. The first kappa shape index (κ1) is 12.8. The first-order chi connectivity index (χ1) is 7.22. The van der Waals surface area contributed by atoms with E-state index in [0.29, 0.717) is 12.1 Å². The second-order valence-electron chi connectivity index (χ2n) is 3.35. The van der Waals surface area contributed by atoms with E-state index >= 15 is 0 Å². The molecule has 0 aromatic heterocycles. The SMILES string of the molecule is Fc1cc(F)cc(CNCCCCI)c1. The Morgan fingerprint density at radius 3 is 2.33 bits per heavy atom. The minimum absolute atomic E-state index is 0.515. The van der Waals surface area contributed by atoms with Crippen molar-refractivity contribution in [3.05, 3.63) is 35.4 Å². The molecule has 0 fully saturated rings. The molecule has 0 spiro atoms. The van der Waals surface area contributed by atoms with Gasteiger partial charge in [-0.3, -0.25) is 0 Å². The average molecular weight is 325 g/mol. The Hall–Kier alpha value is -0.230. The number of halogens is 3. The molecule has 4 heteroatoms. The van der Waals surface area contributed by atoms with Crippen LogP contribution < -0.4 is 5.32 Å². The molecule has 1 aromatic carbocycles. The molecule has 15 heavy (non-hydrogen) atoms. The molecule has 1 rings (SSSR count). The van der Waals surface area contributed by atoms with Crippen molar-refractivity contribution in [3.8, 4) is 0 Å². The zero-order chi connectivity index (χ0) is 11.1. The quantitative estimate of drug-likeness (QED) is 0.481. The fourth-order valence-corrected chi connectivity index (χ4v) is 1.83. The van der Waals surface area contributed by atoms with Crippen molar-refractivity contribution in [2.45, 2.75) is 19.4 Å². The molecule has 0 aliphatic heterocycles. The molecule has 0 aliphatic rings. The van der Waals surface area contributed by atoms with Crippen LogP contribution in [0.3, 0.4) is 0 Å². The van der Waals surface area contributed by atoms with Gasteiger partial charge in [-0.15, -0.1) is 0 Å². The molecule has 0 radical (unpaired) electrons. The third-order valence-corrected chi connectivity index (χ3v) is 2.75. The maximum atomic E-state index is 12.8. The molecule has 0 amide bonds. The van der Waals surface area contributed by atoms with Crippen molar-refractivity contribution < 1.29 is 8.78 Å². The van der Waals surface area contributed by atoms with Crippen molar-refractivity contribution in [2.24, 2.45) is 0 Å². The second kappa shape index (κ2) is 7.11. The number of nitrogens with one attached hydrogen (secondary N) is 1. The first-order valence-corrected chi connectivity index (χ1v) is 6.46. The first-order valence-electron chi connectivity index (χ1n) is 4.94. The predicted molar refractivity (Wildman–Crippen MR) is 66.2 cm³/mol. The van der Waals surface area contributed by atoms with Crippen LogP contribution in [0.1, 0.15) is 18.4 Å². The van der Waals surface area contributed by atoms with Gasteiger partial charge in [-0.1, -0.05) is 22.6 Å². The fraction of sp³-hybridized carbons (Fsp3) is 0.455. The molecule has 0 saturated heterocycles. The van der Waals surface area contributed by atoms with E-state index in [9.17, 15) is 8.78 Å². The van der Waals surface area contributed by atoms with Gasteiger partial charge in [0.1, 0.15) is 11.6 Å². The highest BCUT2D eigenvalue weighted by Gasteiger charge is 1.99. The van der Waals surface area contributed by atoms with Crippen molar-refractivity contribution in [2.75, 3.05) is 11.0 Å². The number of benzene rings is 1. The van der Waals surface area contributed by atoms with Crippen LogP contribution in [0.5, 0.6) is 0 Å². The molecule has 0 heterocycles. The summed E-state index contributed by atoms with van der Waals surface area (Å²) < 4.78 is 26.7. The summed E-state index contributed by atoms with van der Waals surface area (Å²) in [6.45, 7) is 1.41. The van der Waals surface area contributed by atoms with Crippen LogP contribution in [-0.4, -0.2) is 11.0 Å². The van der Waals surface area contributed by atoms with Gasteiger partial charge in [0.2, 0.25) is 0 Å². The summed E-state index contributed by atoms with van der Waals surface area (Å²) >= 11 is 2.33. The van der Waals surface area contributed by atoms with Gasteiger partial charge in [0.05, 0.1) is 0 Å². The Bertz CT molecular complexity index is 284. The standard InChI is InChI=1S/C11H14F2IN/c12-10-5-9(6-11(13)7-10)8-15-4-2-1-3-14/h5-7,15H,1-4,8H2. The highest BCUT2D eigenvalue weighted by atomic mass is 127. The zero-order valence-electron chi connectivity index (χ0n) is 8.40. The van der Waals surface area contributed by atoms with Crippen molar-refractivity contribution in [1.82, 2.24) is 5.32 Å². The summed E-state index contributed by atoms with van der Waals surface area (Å²) in [5.74, 6) is -1.03. The van der Waals surface area contributed by atoms with Crippen LogP contribution in [0.25, 0.3) is 0 Å². The maximum absolute atomic E-state index is 12.8. The largest absolute Gasteiger partial charge is 0.313 e. The molecule has 0 saturated carbocycles. The van der Waals surface area contributed by atoms with Crippen LogP contribution in [0.4, 0.5) is 8.78 Å². The Morgan fingerprint density at radius 1 is 1.07 bits per heavy atom. The second-order valence-corrected chi connectivity index (χ2v) is 4.43. The minimum Gasteiger partial charge on any atom is -0.313 e. The van der Waals surface area contributed by atoms with Gasteiger partial charge in [-0.2, -0.15) is 0 Å². The fourth-order valence-electron chi connectivity index (χ4n) is 1.29. The molecule has 1 aromatic rings. The smallest absolute Gasteiger partial charge is 0.126 e. The number of hydrogen-bond acceptors (Lipinski definition) is 1. The molecule has 1 nitrogen and oxygen atoms in total. The van der Waals surface area contributed by atoms with Crippen LogP contribution >= 0.6 is 22.6 Å². The van der Waals surface area contributed by atoms with Gasteiger partial charge < -0.3 is 5.32 Å². The highest BCUT2D eigenvalue weighted by molar-refractivity contribution is 14.1. The number of rotatable bonds is 6. The van der Waals surface area contributed by atoms with Gasteiger partial charge in [-0.05, 0) is 41.5 Å². The summed E-state index contributed by atoms with van der Waals surface area (Å²) in [5.41, 5.74) is 0.655. The summed E-state index contributed by atoms with van der Waals surface area (Å²) in [6.07, 6.45) is 2.27. The van der Waals surface area contributed by atoms with Gasteiger partial charge >= 0.3 is 0 Å². The van der Waals surface area contributed by atoms with Crippen LogP contribution in [-0.2, 0) is 6.54 Å². The number of hydrogen-bond donors (Lipinski definition) is 1. The van der Waals surface area contributed by atoms with Crippen molar-refractivity contribution in [1.29, 1.82) is 0 Å². The Morgan fingerprint density at radius 2 is 1.73 bits per heavy atom. The topological polar surface area (TPSA) is 12.0 Å². The van der Waals surface area contributed by atoms with Crippen LogP contribution in [0.15, 0.2) is 18.2 Å². The van der Waals surface area contributed by atoms with Crippen LogP contribution in [0, 0.1) is 11.6 Å². The van der Waals surface area contributed by atoms with E-state index in [1.54, 1.807) is 0 Å². The van der Waals surface area contributed by atoms with E-state index in [0.717, 1.165) is 23.5 Å². The molecule has 1 N–H and O–H groups in total. The Kier molecular flexibility index (Phi) is 6.09. The lowest BCUT2D eigenvalue weighted by molar-refractivity contribution is 0.573. The van der Waals surface area contributed by atoms with Gasteiger partial charge in [0.25, 0.3) is 0 Å².